The minimum atomic E-state index is -0.0113. The van der Waals surface area contributed by atoms with Crippen LogP contribution in [0.2, 0.25) is 0 Å². The number of guanidine groups is 1. The summed E-state index contributed by atoms with van der Waals surface area (Å²) in [7, 11) is 5.46. The van der Waals surface area contributed by atoms with Crippen molar-refractivity contribution >= 4 is 51.8 Å². The summed E-state index contributed by atoms with van der Waals surface area (Å²) < 4.78 is 1.07. The van der Waals surface area contributed by atoms with Gasteiger partial charge in [0.1, 0.15) is 6.54 Å². The van der Waals surface area contributed by atoms with Crippen LogP contribution in [0, 0.1) is 0 Å². The van der Waals surface area contributed by atoms with Crippen LogP contribution in [0.5, 0.6) is 0 Å². The van der Waals surface area contributed by atoms with Crippen molar-refractivity contribution in [1.29, 1.82) is 0 Å². The number of aliphatic imine (C=N–C) groups is 1. The van der Waals surface area contributed by atoms with Crippen LogP contribution in [-0.2, 0) is 11.3 Å². The van der Waals surface area contributed by atoms with E-state index in [0.29, 0.717) is 12.6 Å². The third-order valence-corrected chi connectivity index (χ3v) is 4.35. The quantitative estimate of drug-likeness (QED) is 0.363. The van der Waals surface area contributed by atoms with E-state index in [9.17, 15) is 4.79 Å². The van der Waals surface area contributed by atoms with Gasteiger partial charge in [0.15, 0.2) is 5.96 Å². The number of nitrogens with zero attached hydrogens (tertiary/aromatic N) is 3. The number of hydrogen-bond acceptors (Lipinski definition) is 2. The van der Waals surface area contributed by atoms with Crippen LogP contribution >= 0.6 is 39.9 Å². The molecule has 0 saturated heterocycles. The summed E-state index contributed by atoms with van der Waals surface area (Å²) >= 11 is 3.57. The first-order valence-electron chi connectivity index (χ1n) is 7.80. The van der Waals surface area contributed by atoms with Crippen molar-refractivity contribution in [3.8, 4) is 0 Å². The Morgan fingerprint density at radius 2 is 1.92 bits per heavy atom. The van der Waals surface area contributed by atoms with Gasteiger partial charge >= 0.3 is 0 Å². The maximum Gasteiger partial charge on any atom is 0.243 e. The zero-order chi connectivity index (χ0) is 17.4. The number of halogens is 2. The maximum atomic E-state index is 11.8. The molecule has 0 fully saturated rings. The lowest BCUT2D eigenvalue weighted by atomic mass is 10.2. The van der Waals surface area contributed by atoms with E-state index in [2.05, 4.69) is 46.2 Å². The zero-order valence-electron chi connectivity index (χ0n) is 15.0. The second-order valence-corrected chi connectivity index (χ2v) is 6.68. The Bertz CT molecular complexity index is 551. The third-order valence-electron chi connectivity index (χ3n) is 3.58. The monoisotopic (exact) mass is 510 g/mol. The van der Waals surface area contributed by atoms with Gasteiger partial charge in [-0.2, -0.15) is 0 Å². The summed E-state index contributed by atoms with van der Waals surface area (Å²) in [5.74, 6) is 0.730. The fourth-order valence-electron chi connectivity index (χ4n) is 1.84. The van der Waals surface area contributed by atoms with Crippen molar-refractivity contribution in [3.63, 3.8) is 0 Å². The van der Waals surface area contributed by atoms with E-state index in [4.69, 9.17) is 0 Å². The molecule has 0 aromatic heterocycles. The van der Waals surface area contributed by atoms with Crippen LogP contribution in [-0.4, -0.2) is 55.4 Å². The number of benzene rings is 1. The first-order valence-corrected chi connectivity index (χ1v) is 8.60. The number of nitrogens with one attached hydrogen (secondary N) is 1. The molecule has 0 aliphatic carbocycles. The molecule has 1 rings (SSSR count). The molecule has 1 amide bonds. The Morgan fingerprint density at radius 1 is 1.29 bits per heavy atom. The van der Waals surface area contributed by atoms with Gasteiger partial charge < -0.3 is 15.1 Å². The van der Waals surface area contributed by atoms with Gasteiger partial charge in [0.2, 0.25) is 5.91 Å². The molecule has 1 aromatic carbocycles. The lowest BCUT2D eigenvalue weighted by Gasteiger charge is -2.25. The van der Waals surface area contributed by atoms with Crippen molar-refractivity contribution in [2.24, 2.45) is 4.99 Å². The fourth-order valence-corrected chi connectivity index (χ4v) is 2.25. The highest BCUT2D eigenvalue weighted by molar-refractivity contribution is 14.0. The molecule has 0 aliphatic rings. The smallest absolute Gasteiger partial charge is 0.243 e. The summed E-state index contributed by atoms with van der Waals surface area (Å²) in [6.45, 7) is 5.08. The van der Waals surface area contributed by atoms with Crippen LogP contribution in [0.4, 0.5) is 0 Å². The van der Waals surface area contributed by atoms with Gasteiger partial charge in [-0.25, -0.2) is 4.99 Å². The summed E-state index contributed by atoms with van der Waals surface area (Å²) in [5, 5.41) is 3.39. The van der Waals surface area contributed by atoms with Gasteiger partial charge in [0.05, 0.1) is 0 Å². The Kier molecular flexibility index (Phi) is 11.3. The molecule has 24 heavy (non-hydrogen) atoms. The number of carbonyl (C=O) groups excluding carboxylic acids is 1. The van der Waals surface area contributed by atoms with Crippen molar-refractivity contribution in [2.75, 3.05) is 27.7 Å². The Labute approximate surface area is 171 Å². The zero-order valence-corrected chi connectivity index (χ0v) is 19.0. The third kappa shape index (κ3) is 7.83. The topological polar surface area (TPSA) is 47.9 Å². The molecular weight excluding hydrogens is 483 g/mol. The minimum absolute atomic E-state index is 0. The lowest BCUT2D eigenvalue weighted by Crippen LogP contribution is -2.43. The molecule has 1 atom stereocenters. The highest BCUT2D eigenvalue weighted by Crippen LogP contribution is 2.17. The highest BCUT2D eigenvalue weighted by Gasteiger charge is 2.12. The van der Waals surface area contributed by atoms with Crippen LogP contribution in [0.25, 0.3) is 0 Å². The minimum Gasteiger partial charge on any atom is -0.354 e. The first-order chi connectivity index (χ1) is 10.8. The average molecular weight is 511 g/mol. The lowest BCUT2D eigenvalue weighted by molar-refractivity contribution is -0.127. The SMILES string of the molecule is CCC(C)NC(=NCC(=O)N(C)C)N(C)Cc1ccccc1Br.I. The van der Waals surface area contributed by atoms with E-state index in [0.717, 1.165) is 16.9 Å². The van der Waals surface area contributed by atoms with Crippen LogP contribution in [0.15, 0.2) is 33.7 Å². The van der Waals surface area contributed by atoms with E-state index in [-0.39, 0.29) is 36.4 Å². The largest absolute Gasteiger partial charge is 0.354 e. The van der Waals surface area contributed by atoms with Gasteiger partial charge in [-0.3, -0.25) is 4.79 Å². The second kappa shape index (κ2) is 11.7. The highest BCUT2D eigenvalue weighted by atomic mass is 127. The predicted octanol–water partition coefficient (Wildman–Crippen LogP) is 3.33. The second-order valence-electron chi connectivity index (χ2n) is 5.83. The molecule has 0 saturated carbocycles. The average Bonchev–Trinajstić information content (AvgIpc) is 2.52. The molecule has 136 valence electrons. The van der Waals surface area contributed by atoms with Crippen molar-refractivity contribution in [1.82, 2.24) is 15.1 Å². The van der Waals surface area contributed by atoms with Gasteiger partial charge in [-0.15, -0.1) is 24.0 Å². The molecule has 0 heterocycles. The van der Waals surface area contributed by atoms with Crippen LogP contribution in [0.3, 0.4) is 0 Å². The van der Waals surface area contributed by atoms with Crippen molar-refractivity contribution < 1.29 is 4.79 Å². The normalized spacial score (nSPS) is 12.2. The molecule has 0 spiro atoms. The molecule has 0 radical (unpaired) electrons. The van der Waals surface area contributed by atoms with Gasteiger partial charge in [-0.05, 0) is 25.0 Å². The van der Waals surface area contributed by atoms with Crippen LogP contribution < -0.4 is 5.32 Å². The number of likely N-dealkylation sites (N-methyl/N-ethyl adjacent to an activating group) is 1. The molecule has 1 aromatic rings. The van der Waals surface area contributed by atoms with E-state index in [1.54, 1.807) is 19.0 Å². The molecular formula is C17H28BrIN4O. The molecule has 0 aliphatic heterocycles. The molecule has 1 N–H and O–H groups in total. The predicted molar refractivity (Wildman–Crippen MR) is 115 cm³/mol. The Hall–Kier alpha value is -0.830. The van der Waals surface area contributed by atoms with E-state index in [1.165, 1.54) is 5.56 Å². The van der Waals surface area contributed by atoms with Crippen LogP contribution in [0.1, 0.15) is 25.8 Å². The standard InChI is InChI=1S/C17H27BrN4O.HI/c1-6-13(2)20-17(19-11-16(23)21(3)4)22(5)12-14-9-7-8-10-15(14)18;/h7-10,13H,6,11-12H2,1-5H3,(H,19,20);1H. The summed E-state index contributed by atoms with van der Waals surface area (Å²) in [4.78, 5) is 19.9. The number of rotatable bonds is 6. The van der Waals surface area contributed by atoms with E-state index in [1.807, 2.05) is 30.1 Å². The molecule has 1 unspecified atom stereocenters. The molecule has 7 heteroatoms. The van der Waals surface area contributed by atoms with Crippen molar-refractivity contribution in [3.05, 3.63) is 34.3 Å². The van der Waals surface area contributed by atoms with E-state index >= 15 is 0 Å². The Balaban J connectivity index is 0.00000529. The molecule has 5 nitrogen and oxygen atoms in total. The van der Waals surface area contributed by atoms with Crippen molar-refractivity contribution in [2.45, 2.75) is 32.9 Å². The van der Waals surface area contributed by atoms with Gasteiger partial charge in [0.25, 0.3) is 0 Å². The Morgan fingerprint density at radius 3 is 2.46 bits per heavy atom. The van der Waals surface area contributed by atoms with E-state index < -0.39 is 0 Å². The fraction of sp³-hybridized carbons (Fsp3) is 0.529. The number of hydrogen-bond donors (Lipinski definition) is 1. The van der Waals surface area contributed by atoms with Gasteiger partial charge in [0, 0.05) is 38.2 Å². The summed E-state index contributed by atoms with van der Waals surface area (Å²) in [6.07, 6.45) is 0.990. The summed E-state index contributed by atoms with van der Waals surface area (Å²) in [6, 6.07) is 8.41. The maximum absolute atomic E-state index is 11.8. The number of carbonyl (C=O) groups is 1. The number of amides is 1. The van der Waals surface area contributed by atoms with Gasteiger partial charge in [-0.1, -0.05) is 41.1 Å². The summed E-state index contributed by atoms with van der Waals surface area (Å²) in [5.41, 5.74) is 1.17. The first kappa shape index (κ1) is 23.2. The molecule has 0 bridgehead atoms.